The van der Waals surface area contributed by atoms with Crippen molar-refractivity contribution in [2.75, 3.05) is 0 Å². The van der Waals surface area contributed by atoms with E-state index in [0.29, 0.717) is 0 Å². The van der Waals surface area contributed by atoms with Crippen LogP contribution in [0.3, 0.4) is 0 Å². The van der Waals surface area contributed by atoms with Crippen LogP contribution in [0.1, 0.15) is 18.1 Å². The van der Waals surface area contributed by atoms with E-state index in [-0.39, 0.29) is 6.04 Å². The molecule has 0 bridgehead atoms. The van der Waals surface area contributed by atoms with E-state index in [0.717, 1.165) is 19.4 Å². The molecule has 0 saturated carbocycles. The first-order chi connectivity index (χ1) is 8.28. The summed E-state index contributed by atoms with van der Waals surface area (Å²) in [7, 11) is 0. The summed E-state index contributed by atoms with van der Waals surface area (Å²) in [6.07, 6.45) is 9.30. The number of nitrogens with two attached hydrogens (primary N) is 1. The molecule has 0 amide bonds. The molecular weight excluding hydrogens is 212 g/mol. The quantitative estimate of drug-likeness (QED) is 0.845. The molecule has 2 rings (SSSR count). The van der Waals surface area contributed by atoms with Crippen molar-refractivity contribution in [1.82, 2.24) is 14.8 Å². The Morgan fingerprint density at radius 3 is 2.59 bits per heavy atom. The van der Waals surface area contributed by atoms with Crippen molar-refractivity contribution >= 4 is 0 Å². The molecule has 0 aromatic carbocycles. The molecular formula is C13H18N4. The van der Waals surface area contributed by atoms with E-state index in [1.807, 2.05) is 23.0 Å². The molecule has 0 spiro atoms. The molecule has 1 unspecified atom stereocenters. The lowest BCUT2D eigenvalue weighted by molar-refractivity contribution is 0.650. The maximum absolute atomic E-state index is 6.13. The van der Waals surface area contributed by atoms with Gasteiger partial charge in [-0.3, -0.25) is 9.67 Å². The predicted molar refractivity (Wildman–Crippen MR) is 67.5 cm³/mol. The van der Waals surface area contributed by atoms with Gasteiger partial charge in [0.25, 0.3) is 0 Å². The van der Waals surface area contributed by atoms with E-state index in [1.54, 1.807) is 12.4 Å². The molecule has 0 aliphatic heterocycles. The number of rotatable bonds is 5. The van der Waals surface area contributed by atoms with Gasteiger partial charge in [0.15, 0.2) is 0 Å². The van der Waals surface area contributed by atoms with Crippen molar-refractivity contribution in [2.45, 2.75) is 32.4 Å². The van der Waals surface area contributed by atoms with Crippen LogP contribution in [0, 0.1) is 0 Å². The third-order valence-electron chi connectivity index (χ3n) is 2.76. The van der Waals surface area contributed by atoms with Crippen LogP contribution in [-0.4, -0.2) is 20.8 Å². The second-order valence-corrected chi connectivity index (χ2v) is 4.23. The van der Waals surface area contributed by atoms with Gasteiger partial charge < -0.3 is 5.73 Å². The Hall–Kier alpha value is -1.68. The smallest absolute Gasteiger partial charge is 0.0522 e. The van der Waals surface area contributed by atoms with Gasteiger partial charge in [-0.05, 0) is 43.0 Å². The van der Waals surface area contributed by atoms with E-state index in [2.05, 4.69) is 23.2 Å². The van der Waals surface area contributed by atoms with Gasteiger partial charge in [-0.15, -0.1) is 0 Å². The lowest BCUT2D eigenvalue weighted by Crippen LogP contribution is -2.25. The molecule has 17 heavy (non-hydrogen) atoms. The maximum atomic E-state index is 6.13. The lowest BCUT2D eigenvalue weighted by atomic mass is 10.0. The van der Waals surface area contributed by atoms with E-state index in [4.69, 9.17) is 5.73 Å². The fourth-order valence-electron chi connectivity index (χ4n) is 1.88. The number of hydrogen-bond acceptors (Lipinski definition) is 3. The van der Waals surface area contributed by atoms with E-state index < -0.39 is 0 Å². The van der Waals surface area contributed by atoms with Crippen molar-refractivity contribution in [3.8, 4) is 0 Å². The summed E-state index contributed by atoms with van der Waals surface area (Å²) in [5, 5.41) is 4.25. The van der Waals surface area contributed by atoms with Crippen molar-refractivity contribution in [3.63, 3.8) is 0 Å². The zero-order valence-electron chi connectivity index (χ0n) is 10.1. The number of aromatic nitrogens is 3. The fraction of sp³-hybridized carbons (Fsp3) is 0.385. The minimum Gasteiger partial charge on any atom is -0.327 e. The standard InChI is InChI=1S/C13H18N4/c1-2-17-10-12(9-16-17)8-13(14)7-11-3-5-15-6-4-11/h3-6,9-10,13H,2,7-8,14H2,1H3. The second-order valence-electron chi connectivity index (χ2n) is 4.23. The van der Waals surface area contributed by atoms with Crippen molar-refractivity contribution in [3.05, 3.63) is 48.0 Å². The molecule has 0 saturated heterocycles. The third-order valence-corrected chi connectivity index (χ3v) is 2.76. The van der Waals surface area contributed by atoms with Gasteiger partial charge >= 0.3 is 0 Å². The molecule has 2 aromatic heterocycles. The summed E-state index contributed by atoms with van der Waals surface area (Å²) in [5.74, 6) is 0. The van der Waals surface area contributed by atoms with E-state index >= 15 is 0 Å². The van der Waals surface area contributed by atoms with Crippen LogP contribution < -0.4 is 5.73 Å². The highest BCUT2D eigenvalue weighted by Crippen LogP contribution is 2.06. The normalized spacial score (nSPS) is 12.6. The van der Waals surface area contributed by atoms with Crippen LogP contribution in [0.15, 0.2) is 36.9 Å². The van der Waals surface area contributed by atoms with Crippen LogP contribution in [0.5, 0.6) is 0 Å². The second kappa shape index (κ2) is 5.59. The molecule has 2 heterocycles. The Morgan fingerprint density at radius 2 is 1.94 bits per heavy atom. The van der Waals surface area contributed by atoms with Crippen molar-refractivity contribution in [2.24, 2.45) is 5.73 Å². The predicted octanol–water partition coefficient (Wildman–Crippen LogP) is 1.41. The molecule has 0 aliphatic carbocycles. The van der Waals surface area contributed by atoms with Gasteiger partial charge in [-0.2, -0.15) is 5.10 Å². The van der Waals surface area contributed by atoms with Crippen molar-refractivity contribution < 1.29 is 0 Å². The van der Waals surface area contributed by atoms with Gasteiger partial charge in [-0.25, -0.2) is 0 Å². The molecule has 2 N–H and O–H groups in total. The summed E-state index contributed by atoms with van der Waals surface area (Å²) in [6, 6.07) is 4.15. The van der Waals surface area contributed by atoms with Gasteiger partial charge in [-0.1, -0.05) is 0 Å². The molecule has 2 aromatic rings. The summed E-state index contributed by atoms with van der Waals surface area (Å²) in [5.41, 5.74) is 8.57. The third kappa shape index (κ3) is 3.39. The average molecular weight is 230 g/mol. The maximum Gasteiger partial charge on any atom is 0.0522 e. The Balaban J connectivity index is 1.91. The highest BCUT2D eigenvalue weighted by atomic mass is 15.3. The first-order valence-corrected chi connectivity index (χ1v) is 5.93. The summed E-state index contributed by atoms with van der Waals surface area (Å²) >= 11 is 0. The minimum absolute atomic E-state index is 0.131. The average Bonchev–Trinajstić information content (AvgIpc) is 2.78. The Morgan fingerprint density at radius 1 is 1.24 bits per heavy atom. The Kier molecular flexibility index (Phi) is 3.88. The fourth-order valence-corrected chi connectivity index (χ4v) is 1.88. The van der Waals surface area contributed by atoms with Gasteiger partial charge in [0.1, 0.15) is 0 Å². The molecule has 0 fully saturated rings. The van der Waals surface area contributed by atoms with Crippen LogP contribution in [-0.2, 0) is 19.4 Å². The van der Waals surface area contributed by atoms with Gasteiger partial charge in [0.2, 0.25) is 0 Å². The SMILES string of the molecule is CCn1cc(CC(N)Cc2ccncc2)cn1. The zero-order valence-corrected chi connectivity index (χ0v) is 10.1. The topological polar surface area (TPSA) is 56.7 Å². The molecule has 1 atom stereocenters. The van der Waals surface area contributed by atoms with Crippen LogP contribution >= 0.6 is 0 Å². The molecule has 4 nitrogen and oxygen atoms in total. The first-order valence-electron chi connectivity index (χ1n) is 5.93. The van der Waals surface area contributed by atoms with Gasteiger partial charge in [0, 0.05) is 31.2 Å². The van der Waals surface area contributed by atoms with Crippen LogP contribution in [0.25, 0.3) is 0 Å². The van der Waals surface area contributed by atoms with Gasteiger partial charge in [0.05, 0.1) is 6.20 Å². The van der Waals surface area contributed by atoms with Crippen LogP contribution in [0.2, 0.25) is 0 Å². The molecule has 90 valence electrons. The highest BCUT2D eigenvalue weighted by Gasteiger charge is 2.07. The highest BCUT2D eigenvalue weighted by molar-refractivity contribution is 5.13. The number of pyridine rings is 1. The summed E-state index contributed by atoms with van der Waals surface area (Å²) < 4.78 is 1.93. The molecule has 0 aliphatic rings. The largest absolute Gasteiger partial charge is 0.327 e. The van der Waals surface area contributed by atoms with E-state index in [1.165, 1.54) is 11.1 Å². The molecule has 0 radical (unpaired) electrons. The van der Waals surface area contributed by atoms with Crippen molar-refractivity contribution in [1.29, 1.82) is 0 Å². The minimum atomic E-state index is 0.131. The number of aryl methyl sites for hydroxylation is 1. The number of nitrogens with zero attached hydrogens (tertiary/aromatic N) is 3. The number of hydrogen-bond donors (Lipinski definition) is 1. The zero-order chi connectivity index (χ0) is 12.1. The Bertz CT molecular complexity index is 449. The lowest BCUT2D eigenvalue weighted by Gasteiger charge is -2.09. The first kappa shape index (κ1) is 11.8. The molecule has 4 heteroatoms. The summed E-state index contributed by atoms with van der Waals surface area (Å²) in [4.78, 5) is 4.00. The van der Waals surface area contributed by atoms with Crippen LogP contribution in [0.4, 0.5) is 0 Å². The Labute approximate surface area is 101 Å². The van der Waals surface area contributed by atoms with E-state index in [9.17, 15) is 0 Å². The summed E-state index contributed by atoms with van der Waals surface area (Å²) in [6.45, 7) is 2.98. The monoisotopic (exact) mass is 230 g/mol.